The maximum atomic E-state index is 12.7. The molecule has 0 aliphatic carbocycles. The highest BCUT2D eigenvalue weighted by Gasteiger charge is 2.30. The van der Waals surface area contributed by atoms with Crippen molar-refractivity contribution in [3.05, 3.63) is 30.2 Å². The van der Waals surface area contributed by atoms with Gasteiger partial charge in [-0.3, -0.25) is 4.79 Å². The van der Waals surface area contributed by atoms with E-state index in [2.05, 4.69) is 24.0 Å². The Morgan fingerprint density at radius 1 is 1.31 bits per heavy atom. The standard InChI is InChI=1S/C20H27N3O3/c1-4-14(5-2)20(24)23-12-6-7-16(13-23)19-21-18(22-26-19)15-8-10-17(25-3)11-9-15/h8-11,14,16H,4-7,12-13H2,1-3H3. The fraction of sp³-hybridized carbons (Fsp3) is 0.550. The summed E-state index contributed by atoms with van der Waals surface area (Å²) in [7, 11) is 1.64. The van der Waals surface area contributed by atoms with Gasteiger partial charge in [-0.15, -0.1) is 0 Å². The van der Waals surface area contributed by atoms with Gasteiger partial charge in [-0.2, -0.15) is 4.98 Å². The summed E-state index contributed by atoms with van der Waals surface area (Å²) in [6.07, 6.45) is 3.71. The zero-order valence-electron chi connectivity index (χ0n) is 15.8. The van der Waals surface area contributed by atoms with Crippen molar-refractivity contribution in [2.45, 2.75) is 45.4 Å². The first-order chi connectivity index (χ1) is 12.7. The van der Waals surface area contributed by atoms with Crippen molar-refractivity contribution in [3.63, 3.8) is 0 Å². The van der Waals surface area contributed by atoms with E-state index in [1.54, 1.807) is 7.11 Å². The van der Waals surface area contributed by atoms with Crippen LogP contribution in [-0.2, 0) is 4.79 Å². The van der Waals surface area contributed by atoms with Gasteiger partial charge in [0.05, 0.1) is 13.0 Å². The molecule has 140 valence electrons. The minimum absolute atomic E-state index is 0.113. The highest BCUT2D eigenvalue weighted by atomic mass is 16.5. The zero-order chi connectivity index (χ0) is 18.5. The Bertz CT molecular complexity index is 722. The average molecular weight is 357 g/mol. The second kappa shape index (κ2) is 8.34. The number of benzene rings is 1. The molecular weight excluding hydrogens is 330 g/mol. The molecule has 0 saturated carbocycles. The Morgan fingerprint density at radius 2 is 2.04 bits per heavy atom. The SMILES string of the molecule is CCC(CC)C(=O)N1CCCC(c2nc(-c3ccc(OC)cc3)no2)C1. The molecule has 1 amide bonds. The van der Waals surface area contributed by atoms with Gasteiger partial charge >= 0.3 is 0 Å². The van der Waals surface area contributed by atoms with Gasteiger partial charge in [0, 0.05) is 24.6 Å². The van der Waals surface area contributed by atoms with E-state index in [0.29, 0.717) is 18.3 Å². The number of carbonyl (C=O) groups is 1. The summed E-state index contributed by atoms with van der Waals surface area (Å²) < 4.78 is 10.7. The third-order valence-electron chi connectivity index (χ3n) is 5.21. The second-order valence-electron chi connectivity index (χ2n) is 6.82. The van der Waals surface area contributed by atoms with Crippen LogP contribution < -0.4 is 4.74 Å². The molecule has 0 radical (unpaired) electrons. The lowest BCUT2D eigenvalue weighted by Gasteiger charge is -2.33. The van der Waals surface area contributed by atoms with E-state index in [1.165, 1.54) is 0 Å². The first kappa shape index (κ1) is 18.4. The molecule has 1 aromatic carbocycles. The Morgan fingerprint density at radius 3 is 2.69 bits per heavy atom. The maximum Gasteiger partial charge on any atom is 0.231 e. The largest absolute Gasteiger partial charge is 0.497 e. The zero-order valence-corrected chi connectivity index (χ0v) is 15.8. The summed E-state index contributed by atoms with van der Waals surface area (Å²) in [5.41, 5.74) is 0.890. The van der Waals surface area contributed by atoms with Crippen molar-refractivity contribution < 1.29 is 14.1 Å². The van der Waals surface area contributed by atoms with E-state index in [9.17, 15) is 4.79 Å². The van der Waals surface area contributed by atoms with E-state index in [0.717, 1.165) is 43.5 Å². The van der Waals surface area contributed by atoms with Crippen molar-refractivity contribution >= 4 is 5.91 Å². The third kappa shape index (κ3) is 3.89. The smallest absolute Gasteiger partial charge is 0.231 e. The fourth-order valence-electron chi connectivity index (χ4n) is 3.53. The molecule has 3 rings (SSSR count). The lowest BCUT2D eigenvalue weighted by Crippen LogP contribution is -2.42. The second-order valence-corrected chi connectivity index (χ2v) is 6.82. The van der Waals surface area contributed by atoms with Crippen molar-refractivity contribution in [1.82, 2.24) is 15.0 Å². The lowest BCUT2D eigenvalue weighted by molar-refractivity contribution is -0.137. The summed E-state index contributed by atoms with van der Waals surface area (Å²) in [6, 6.07) is 7.58. The fourth-order valence-corrected chi connectivity index (χ4v) is 3.53. The van der Waals surface area contributed by atoms with Crippen molar-refractivity contribution in [2.24, 2.45) is 5.92 Å². The van der Waals surface area contributed by atoms with Crippen LogP contribution in [0.1, 0.15) is 51.3 Å². The van der Waals surface area contributed by atoms with E-state index in [-0.39, 0.29) is 17.7 Å². The number of likely N-dealkylation sites (tertiary alicyclic amines) is 1. The number of carbonyl (C=O) groups excluding carboxylic acids is 1. The first-order valence-electron chi connectivity index (χ1n) is 9.43. The van der Waals surface area contributed by atoms with Crippen molar-refractivity contribution in [3.8, 4) is 17.1 Å². The monoisotopic (exact) mass is 357 g/mol. The Kier molecular flexibility index (Phi) is 5.91. The van der Waals surface area contributed by atoms with Crippen LogP contribution in [0.25, 0.3) is 11.4 Å². The molecule has 1 atom stereocenters. The molecule has 2 heterocycles. The molecule has 2 aromatic rings. The van der Waals surface area contributed by atoms with Gasteiger partial charge < -0.3 is 14.2 Å². The normalized spacial score (nSPS) is 17.5. The van der Waals surface area contributed by atoms with E-state index in [4.69, 9.17) is 9.26 Å². The lowest BCUT2D eigenvalue weighted by atomic mass is 9.95. The van der Waals surface area contributed by atoms with Gasteiger partial charge in [0.15, 0.2) is 0 Å². The van der Waals surface area contributed by atoms with Gasteiger partial charge in [0.1, 0.15) is 5.75 Å². The van der Waals surface area contributed by atoms with Crippen LogP contribution in [0.2, 0.25) is 0 Å². The van der Waals surface area contributed by atoms with E-state index >= 15 is 0 Å². The molecule has 1 aliphatic heterocycles. The van der Waals surface area contributed by atoms with E-state index < -0.39 is 0 Å². The van der Waals surface area contributed by atoms with E-state index in [1.807, 2.05) is 29.2 Å². The summed E-state index contributed by atoms with van der Waals surface area (Å²) in [4.78, 5) is 19.2. The topological polar surface area (TPSA) is 68.5 Å². The predicted octanol–water partition coefficient (Wildman–Crippen LogP) is 3.89. The number of aromatic nitrogens is 2. The maximum absolute atomic E-state index is 12.7. The summed E-state index contributed by atoms with van der Waals surface area (Å²) in [5, 5.41) is 4.12. The number of nitrogens with zero attached hydrogens (tertiary/aromatic N) is 3. The van der Waals surface area contributed by atoms with Gasteiger partial charge in [0.25, 0.3) is 0 Å². The van der Waals surface area contributed by atoms with Crippen molar-refractivity contribution in [2.75, 3.05) is 20.2 Å². The predicted molar refractivity (Wildman–Crippen MR) is 98.9 cm³/mol. The number of hydrogen-bond acceptors (Lipinski definition) is 5. The van der Waals surface area contributed by atoms with Crippen LogP contribution in [0.4, 0.5) is 0 Å². The van der Waals surface area contributed by atoms with Gasteiger partial charge in [-0.05, 0) is 49.9 Å². The first-order valence-corrected chi connectivity index (χ1v) is 9.43. The molecule has 1 fully saturated rings. The number of amides is 1. The number of ether oxygens (including phenoxy) is 1. The average Bonchev–Trinajstić information content (AvgIpc) is 3.19. The molecule has 0 spiro atoms. The highest BCUT2D eigenvalue weighted by Crippen LogP contribution is 2.29. The van der Waals surface area contributed by atoms with Gasteiger partial charge in [-0.25, -0.2) is 0 Å². The van der Waals surface area contributed by atoms with Gasteiger partial charge in [0.2, 0.25) is 17.6 Å². The quantitative estimate of drug-likeness (QED) is 0.784. The molecule has 6 heteroatoms. The molecule has 1 unspecified atom stereocenters. The summed E-state index contributed by atoms with van der Waals surface area (Å²) in [6.45, 7) is 5.64. The van der Waals surface area contributed by atoms with Crippen LogP contribution in [0.5, 0.6) is 5.75 Å². The molecule has 0 N–H and O–H groups in total. The van der Waals surface area contributed by atoms with Crippen LogP contribution in [0, 0.1) is 5.92 Å². The highest BCUT2D eigenvalue weighted by molar-refractivity contribution is 5.78. The van der Waals surface area contributed by atoms with Crippen LogP contribution >= 0.6 is 0 Å². The number of hydrogen-bond donors (Lipinski definition) is 0. The summed E-state index contributed by atoms with van der Waals surface area (Å²) >= 11 is 0. The summed E-state index contributed by atoms with van der Waals surface area (Å²) in [5.74, 6) is 2.48. The number of piperidine rings is 1. The molecule has 1 aliphatic rings. The molecule has 6 nitrogen and oxygen atoms in total. The van der Waals surface area contributed by atoms with Crippen LogP contribution in [-0.4, -0.2) is 41.1 Å². The minimum Gasteiger partial charge on any atom is -0.497 e. The Labute approximate surface area is 154 Å². The molecular formula is C20H27N3O3. The van der Waals surface area contributed by atoms with Gasteiger partial charge in [-0.1, -0.05) is 19.0 Å². The molecule has 1 saturated heterocycles. The van der Waals surface area contributed by atoms with Crippen molar-refractivity contribution in [1.29, 1.82) is 0 Å². The minimum atomic E-state index is 0.113. The Hall–Kier alpha value is -2.37. The molecule has 26 heavy (non-hydrogen) atoms. The number of rotatable bonds is 6. The molecule has 0 bridgehead atoms. The third-order valence-corrected chi connectivity index (χ3v) is 5.21. The van der Waals surface area contributed by atoms with Crippen LogP contribution in [0.3, 0.4) is 0 Å². The van der Waals surface area contributed by atoms with Crippen LogP contribution in [0.15, 0.2) is 28.8 Å². The Balaban J connectivity index is 1.71. The molecule has 1 aromatic heterocycles. The number of methoxy groups -OCH3 is 1.